The predicted molar refractivity (Wildman–Crippen MR) is 70.6 cm³/mol. The fraction of sp³-hybridized carbons (Fsp3) is 0.333. The number of nitrogens with zero attached hydrogens (tertiary/aromatic N) is 3. The summed E-state index contributed by atoms with van der Waals surface area (Å²) >= 11 is 1.69. The van der Waals surface area contributed by atoms with Gasteiger partial charge in [0.2, 0.25) is 4.96 Å². The molecule has 0 amide bonds. The van der Waals surface area contributed by atoms with Gasteiger partial charge in [-0.25, -0.2) is 0 Å². The van der Waals surface area contributed by atoms with Crippen molar-refractivity contribution in [3.8, 4) is 0 Å². The Morgan fingerprint density at radius 1 is 1.29 bits per heavy atom. The summed E-state index contributed by atoms with van der Waals surface area (Å²) in [6.45, 7) is 4.85. The Morgan fingerprint density at radius 2 is 2.12 bits per heavy atom. The van der Waals surface area contributed by atoms with E-state index in [1.165, 1.54) is 21.3 Å². The highest BCUT2D eigenvalue weighted by Crippen LogP contribution is 2.29. The first-order valence-electron chi connectivity index (χ1n) is 5.64. The lowest BCUT2D eigenvalue weighted by Crippen LogP contribution is -2.06. The van der Waals surface area contributed by atoms with Crippen LogP contribution >= 0.6 is 11.3 Å². The normalized spacial score (nSPS) is 11.7. The van der Waals surface area contributed by atoms with Crippen LogP contribution in [-0.2, 0) is 6.42 Å². The third kappa shape index (κ3) is 1.54. The summed E-state index contributed by atoms with van der Waals surface area (Å²) in [5.41, 5.74) is 9.39. The molecular formula is C12H14N4S. The van der Waals surface area contributed by atoms with Gasteiger partial charge in [0.25, 0.3) is 0 Å². The van der Waals surface area contributed by atoms with Gasteiger partial charge in [0.05, 0.1) is 10.2 Å². The minimum absolute atomic E-state index is 0.600. The van der Waals surface area contributed by atoms with E-state index in [2.05, 4.69) is 40.6 Å². The number of hydrogen-bond acceptors (Lipinski definition) is 4. The second kappa shape index (κ2) is 3.78. The van der Waals surface area contributed by atoms with Crippen molar-refractivity contribution < 1.29 is 0 Å². The van der Waals surface area contributed by atoms with Gasteiger partial charge in [-0.05, 0) is 37.6 Å². The van der Waals surface area contributed by atoms with Gasteiger partial charge >= 0.3 is 0 Å². The number of thiazole rings is 1. The Hall–Kier alpha value is -1.46. The smallest absolute Gasteiger partial charge is 0.217 e. The molecule has 0 saturated carbocycles. The van der Waals surface area contributed by atoms with Crippen molar-refractivity contribution in [3.05, 3.63) is 29.1 Å². The molecule has 0 spiro atoms. The minimum atomic E-state index is 0.600. The van der Waals surface area contributed by atoms with Crippen molar-refractivity contribution in [2.75, 3.05) is 6.54 Å². The Morgan fingerprint density at radius 3 is 2.88 bits per heavy atom. The molecular weight excluding hydrogens is 232 g/mol. The number of benzene rings is 1. The lowest BCUT2D eigenvalue weighted by Gasteiger charge is -2.01. The lowest BCUT2D eigenvalue weighted by molar-refractivity contribution is 0.856. The van der Waals surface area contributed by atoms with Crippen LogP contribution in [0.5, 0.6) is 0 Å². The third-order valence-electron chi connectivity index (χ3n) is 2.90. The first-order valence-corrected chi connectivity index (χ1v) is 6.46. The summed E-state index contributed by atoms with van der Waals surface area (Å²) < 4.78 is 3.41. The molecule has 0 atom stereocenters. The topological polar surface area (TPSA) is 56.2 Å². The van der Waals surface area contributed by atoms with Crippen LogP contribution in [0.3, 0.4) is 0 Å². The van der Waals surface area contributed by atoms with E-state index in [9.17, 15) is 0 Å². The quantitative estimate of drug-likeness (QED) is 0.753. The van der Waals surface area contributed by atoms with E-state index in [4.69, 9.17) is 5.73 Å². The van der Waals surface area contributed by atoms with Gasteiger partial charge in [0.1, 0.15) is 5.82 Å². The van der Waals surface area contributed by atoms with Gasteiger partial charge < -0.3 is 5.73 Å². The molecule has 2 heterocycles. The van der Waals surface area contributed by atoms with E-state index >= 15 is 0 Å². The molecule has 0 saturated heterocycles. The first kappa shape index (κ1) is 10.7. The van der Waals surface area contributed by atoms with Gasteiger partial charge in [0, 0.05) is 6.42 Å². The second-order valence-electron chi connectivity index (χ2n) is 4.30. The van der Waals surface area contributed by atoms with Crippen LogP contribution in [0.15, 0.2) is 12.1 Å². The second-order valence-corrected chi connectivity index (χ2v) is 5.31. The highest BCUT2D eigenvalue weighted by atomic mass is 32.1. The predicted octanol–water partition coefficient (Wildman–Crippen LogP) is 2.06. The Balaban J connectivity index is 2.42. The SMILES string of the molecule is Cc1cc(C)c2c(c1)sc1nnc(CCN)n12. The molecule has 0 aliphatic rings. The van der Waals surface area contributed by atoms with Gasteiger partial charge in [0.15, 0.2) is 0 Å². The van der Waals surface area contributed by atoms with Gasteiger partial charge in [-0.3, -0.25) is 4.40 Å². The fourth-order valence-corrected chi connectivity index (χ4v) is 3.43. The number of nitrogens with two attached hydrogens (primary N) is 1. The molecule has 2 N–H and O–H groups in total. The molecule has 88 valence electrons. The largest absolute Gasteiger partial charge is 0.330 e. The molecule has 0 unspecified atom stereocenters. The van der Waals surface area contributed by atoms with Crippen LogP contribution in [0.4, 0.5) is 0 Å². The fourth-order valence-electron chi connectivity index (χ4n) is 2.27. The van der Waals surface area contributed by atoms with Crippen LogP contribution in [0.25, 0.3) is 15.2 Å². The number of aryl methyl sites for hydroxylation is 2. The average molecular weight is 246 g/mol. The lowest BCUT2D eigenvalue weighted by atomic mass is 10.1. The van der Waals surface area contributed by atoms with Crippen molar-refractivity contribution >= 4 is 26.5 Å². The van der Waals surface area contributed by atoms with E-state index in [0.29, 0.717) is 6.54 Å². The summed E-state index contributed by atoms with van der Waals surface area (Å²) in [7, 11) is 0. The Kier molecular flexibility index (Phi) is 2.38. The third-order valence-corrected chi connectivity index (χ3v) is 3.88. The molecule has 2 aromatic heterocycles. The first-order chi connectivity index (χ1) is 8.20. The van der Waals surface area contributed by atoms with E-state index in [1.54, 1.807) is 11.3 Å². The van der Waals surface area contributed by atoms with Gasteiger partial charge in [-0.2, -0.15) is 0 Å². The Labute approximate surface area is 103 Å². The molecule has 0 fully saturated rings. The van der Waals surface area contributed by atoms with Crippen molar-refractivity contribution in [2.45, 2.75) is 20.3 Å². The summed E-state index contributed by atoms with van der Waals surface area (Å²) in [5.74, 6) is 0.959. The molecule has 3 aromatic rings. The maximum absolute atomic E-state index is 5.61. The number of aromatic nitrogens is 3. The molecule has 0 bridgehead atoms. The monoisotopic (exact) mass is 246 g/mol. The molecule has 0 aliphatic heterocycles. The highest BCUT2D eigenvalue weighted by Gasteiger charge is 2.13. The van der Waals surface area contributed by atoms with Crippen molar-refractivity contribution in [3.63, 3.8) is 0 Å². The van der Waals surface area contributed by atoms with E-state index in [0.717, 1.165) is 17.2 Å². The van der Waals surface area contributed by atoms with Crippen molar-refractivity contribution in [1.29, 1.82) is 0 Å². The van der Waals surface area contributed by atoms with Gasteiger partial charge in [-0.15, -0.1) is 10.2 Å². The maximum Gasteiger partial charge on any atom is 0.217 e. The molecule has 3 rings (SSSR count). The molecule has 5 heteroatoms. The van der Waals surface area contributed by atoms with E-state index < -0.39 is 0 Å². The molecule has 0 aliphatic carbocycles. The van der Waals surface area contributed by atoms with Crippen molar-refractivity contribution in [1.82, 2.24) is 14.6 Å². The molecule has 17 heavy (non-hydrogen) atoms. The Bertz CT molecular complexity index is 695. The van der Waals surface area contributed by atoms with E-state index in [1.807, 2.05) is 0 Å². The molecule has 4 nitrogen and oxygen atoms in total. The van der Waals surface area contributed by atoms with E-state index in [-0.39, 0.29) is 0 Å². The van der Waals surface area contributed by atoms with Crippen LogP contribution in [0.1, 0.15) is 17.0 Å². The standard InChI is InChI=1S/C12H14N4S/c1-7-5-8(2)11-9(6-7)17-12-15-14-10(3-4-13)16(11)12/h5-6H,3-4,13H2,1-2H3. The molecule has 1 aromatic carbocycles. The summed E-state index contributed by atoms with van der Waals surface area (Å²) in [6, 6.07) is 4.40. The van der Waals surface area contributed by atoms with Crippen molar-refractivity contribution in [2.24, 2.45) is 5.73 Å². The average Bonchev–Trinajstić information content (AvgIpc) is 2.78. The summed E-state index contributed by atoms with van der Waals surface area (Å²) in [6.07, 6.45) is 0.764. The maximum atomic E-state index is 5.61. The highest BCUT2D eigenvalue weighted by molar-refractivity contribution is 7.23. The van der Waals surface area contributed by atoms with Crippen LogP contribution in [0.2, 0.25) is 0 Å². The number of fused-ring (bicyclic) bond motifs is 3. The zero-order chi connectivity index (χ0) is 12.0. The van der Waals surface area contributed by atoms with Crippen LogP contribution in [0, 0.1) is 13.8 Å². The van der Waals surface area contributed by atoms with Gasteiger partial charge in [-0.1, -0.05) is 17.4 Å². The summed E-state index contributed by atoms with van der Waals surface area (Å²) in [4.78, 5) is 0.956. The summed E-state index contributed by atoms with van der Waals surface area (Å²) in [5, 5.41) is 8.42. The number of rotatable bonds is 2. The van der Waals surface area contributed by atoms with Crippen LogP contribution < -0.4 is 5.73 Å². The minimum Gasteiger partial charge on any atom is -0.330 e. The number of hydrogen-bond donors (Lipinski definition) is 1. The zero-order valence-electron chi connectivity index (χ0n) is 9.90. The van der Waals surface area contributed by atoms with Crippen LogP contribution in [-0.4, -0.2) is 21.1 Å². The molecule has 0 radical (unpaired) electrons. The zero-order valence-corrected chi connectivity index (χ0v) is 10.7.